The first-order chi connectivity index (χ1) is 13.8. The molecule has 1 unspecified atom stereocenters. The maximum absolute atomic E-state index is 13.4. The Hall–Kier alpha value is -2.37. The average molecular weight is 414 g/mol. The number of nitrogens with zero attached hydrogens (tertiary/aromatic N) is 4. The Bertz CT molecular complexity index is 908. The van der Waals surface area contributed by atoms with Crippen LogP contribution in [-0.2, 0) is 10.9 Å². The van der Waals surface area contributed by atoms with Gasteiger partial charge in [-0.05, 0) is 18.9 Å². The molecular formula is C18H21F3N4O4. The summed E-state index contributed by atoms with van der Waals surface area (Å²) < 4.78 is 50.9. The third kappa shape index (κ3) is 3.77. The molecule has 4 rings (SSSR count). The molecule has 1 amide bonds. The largest absolute Gasteiger partial charge is 0.497 e. The fourth-order valence-corrected chi connectivity index (χ4v) is 3.89. The zero-order chi connectivity index (χ0) is 20.8. The summed E-state index contributed by atoms with van der Waals surface area (Å²) in [6.45, 7) is 1.95. The lowest BCUT2D eigenvalue weighted by molar-refractivity contribution is -0.149. The van der Waals surface area contributed by atoms with Crippen LogP contribution in [0.3, 0.4) is 0 Å². The topological polar surface area (TPSA) is 79.5 Å². The number of carbonyl (C=O) groups excluding carboxylic acids is 1. The second kappa shape index (κ2) is 7.47. The van der Waals surface area contributed by atoms with E-state index in [1.54, 1.807) is 4.90 Å². The maximum Gasteiger partial charge on any atom is 0.433 e. The van der Waals surface area contributed by atoms with Crippen LogP contribution in [0.25, 0.3) is 5.52 Å². The molecule has 2 saturated heterocycles. The van der Waals surface area contributed by atoms with E-state index >= 15 is 0 Å². The number of carbonyl (C=O) groups is 1. The number of aliphatic hydroxyl groups excluding tert-OH is 1. The number of hydrogen-bond acceptors (Lipinski definition) is 6. The van der Waals surface area contributed by atoms with Crippen LogP contribution < -0.4 is 4.74 Å². The van der Waals surface area contributed by atoms with Crippen LogP contribution in [0.4, 0.5) is 13.2 Å². The molecule has 0 spiro atoms. The molecule has 2 aromatic heterocycles. The molecule has 2 fully saturated rings. The summed E-state index contributed by atoms with van der Waals surface area (Å²) in [5.74, 6) is -0.381. The molecule has 1 atom stereocenters. The molecule has 0 radical (unpaired) electrons. The first-order valence-corrected chi connectivity index (χ1v) is 9.27. The SMILES string of the molecule is COc1cc(C(F)(F)F)n2nc(C(=O)N3CCC(N4CCOC4O)CC3)cc2c1. The molecule has 29 heavy (non-hydrogen) atoms. The lowest BCUT2D eigenvalue weighted by atomic mass is 10.0. The lowest BCUT2D eigenvalue weighted by Crippen LogP contribution is -2.48. The normalized spacial score (nSPS) is 21.8. The number of alkyl halides is 3. The number of fused-ring (bicyclic) bond motifs is 1. The predicted molar refractivity (Wildman–Crippen MR) is 94.3 cm³/mol. The summed E-state index contributed by atoms with van der Waals surface area (Å²) in [4.78, 5) is 16.3. The Balaban J connectivity index is 1.53. The summed E-state index contributed by atoms with van der Waals surface area (Å²) in [5.41, 5.74) is -0.924. The van der Waals surface area contributed by atoms with Crippen molar-refractivity contribution in [3.63, 3.8) is 0 Å². The standard InChI is InChI=1S/C18H21F3N4O4/c1-28-13-8-12-9-14(22-25(12)15(10-13)18(19,20)21)16(26)23-4-2-11(3-5-23)24-6-7-29-17(24)27/h8-11,17,27H,2-7H2,1H3. The van der Waals surface area contributed by atoms with Crippen molar-refractivity contribution < 1.29 is 32.5 Å². The number of aliphatic hydroxyl groups is 1. The zero-order valence-corrected chi connectivity index (χ0v) is 15.7. The van der Waals surface area contributed by atoms with Gasteiger partial charge in [0.2, 0.25) is 6.41 Å². The molecule has 2 aliphatic rings. The molecule has 2 aromatic rings. The smallest absolute Gasteiger partial charge is 0.433 e. The summed E-state index contributed by atoms with van der Waals surface area (Å²) >= 11 is 0. The molecule has 0 saturated carbocycles. The molecular weight excluding hydrogens is 393 g/mol. The Morgan fingerprint density at radius 3 is 2.55 bits per heavy atom. The zero-order valence-electron chi connectivity index (χ0n) is 15.7. The van der Waals surface area contributed by atoms with Crippen molar-refractivity contribution in [3.05, 3.63) is 29.6 Å². The third-order valence-electron chi connectivity index (χ3n) is 5.40. The fraction of sp³-hybridized carbons (Fsp3) is 0.556. The number of piperidine rings is 1. The Labute approximate surface area is 164 Å². The minimum atomic E-state index is -4.64. The number of methoxy groups -OCH3 is 1. The van der Waals surface area contributed by atoms with Crippen LogP contribution in [0.1, 0.15) is 29.0 Å². The second-order valence-electron chi connectivity index (χ2n) is 7.10. The highest BCUT2D eigenvalue weighted by molar-refractivity contribution is 5.93. The minimum absolute atomic E-state index is 0.0379. The van der Waals surface area contributed by atoms with Crippen LogP contribution in [0.5, 0.6) is 5.75 Å². The van der Waals surface area contributed by atoms with Crippen LogP contribution in [-0.4, -0.2) is 76.2 Å². The van der Waals surface area contributed by atoms with E-state index in [0.29, 0.717) is 39.1 Å². The number of hydrogen-bond donors (Lipinski definition) is 1. The van der Waals surface area contributed by atoms with Crippen molar-refractivity contribution in [1.82, 2.24) is 19.4 Å². The molecule has 1 N–H and O–H groups in total. The average Bonchev–Trinajstić information content (AvgIpc) is 3.31. The number of aromatic nitrogens is 2. The van der Waals surface area contributed by atoms with Gasteiger partial charge in [-0.2, -0.15) is 18.3 Å². The Kier molecular flexibility index (Phi) is 5.13. The van der Waals surface area contributed by atoms with Crippen molar-refractivity contribution in [2.24, 2.45) is 0 Å². The van der Waals surface area contributed by atoms with Crippen LogP contribution in [0.15, 0.2) is 18.2 Å². The molecule has 158 valence electrons. The minimum Gasteiger partial charge on any atom is -0.497 e. The van der Waals surface area contributed by atoms with Gasteiger partial charge in [-0.25, -0.2) is 9.42 Å². The third-order valence-corrected chi connectivity index (χ3v) is 5.40. The first kappa shape index (κ1) is 19.9. The van der Waals surface area contributed by atoms with E-state index in [9.17, 15) is 23.1 Å². The van der Waals surface area contributed by atoms with Crippen molar-refractivity contribution >= 4 is 11.4 Å². The molecule has 11 heteroatoms. The van der Waals surface area contributed by atoms with E-state index in [1.807, 2.05) is 4.90 Å². The van der Waals surface area contributed by atoms with E-state index < -0.39 is 24.2 Å². The van der Waals surface area contributed by atoms with Gasteiger partial charge in [-0.3, -0.25) is 4.79 Å². The molecule has 4 heterocycles. The molecule has 0 aliphatic carbocycles. The molecule has 8 nitrogen and oxygen atoms in total. The van der Waals surface area contributed by atoms with Gasteiger partial charge in [0.05, 0.1) is 19.2 Å². The van der Waals surface area contributed by atoms with Gasteiger partial charge in [0.25, 0.3) is 5.91 Å². The quantitative estimate of drug-likeness (QED) is 0.822. The van der Waals surface area contributed by atoms with Crippen LogP contribution in [0.2, 0.25) is 0 Å². The number of rotatable bonds is 3. The highest BCUT2D eigenvalue weighted by Crippen LogP contribution is 2.33. The van der Waals surface area contributed by atoms with E-state index in [1.165, 1.54) is 19.2 Å². The number of likely N-dealkylation sites (tertiary alicyclic amines) is 1. The first-order valence-electron chi connectivity index (χ1n) is 9.27. The highest BCUT2D eigenvalue weighted by atomic mass is 19.4. The van der Waals surface area contributed by atoms with Crippen LogP contribution in [0, 0.1) is 0 Å². The summed E-state index contributed by atoms with van der Waals surface area (Å²) in [6, 6.07) is 3.69. The van der Waals surface area contributed by atoms with Gasteiger partial charge in [0, 0.05) is 37.8 Å². The number of pyridine rings is 1. The van der Waals surface area contributed by atoms with Gasteiger partial charge >= 0.3 is 6.18 Å². The molecule has 0 bridgehead atoms. The van der Waals surface area contributed by atoms with Crippen molar-refractivity contribution in [1.29, 1.82) is 0 Å². The number of halogens is 3. The van der Waals surface area contributed by atoms with E-state index in [4.69, 9.17) is 9.47 Å². The number of ether oxygens (including phenoxy) is 2. The maximum atomic E-state index is 13.4. The fourth-order valence-electron chi connectivity index (χ4n) is 3.89. The Morgan fingerprint density at radius 2 is 1.97 bits per heavy atom. The second-order valence-corrected chi connectivity index (χ2v) is 7.10. The summed E-state index contributed by atoms with van der Waals surface area (Å²) in [5, 5.41) is 13.7. The van der Waals surface area contributed by atoms with Gasteiger partial charge < -0.3 is 19.5 Å². The highest BCUT2D eigenvalue weighted by Gasteiger charge is 2.37. The van der Waals surface area contributed by atoms with Crippen molar-refractivity contribution in [2.45, 2.75) is 31.5 Å². The predicted octanol–water partition coefficient (Wildman–Crippen LogP) is 1.57. The van der Waals surface area contributed by atoms with Crippen molar-refractivity contribution in [3.8, 4) is 5.75 Å². The number of amides is 1. The van der Waals surface area contributed by atoms with E-state index in [-0.39, 0.29) is 23.0 Å². The summed E-state index contributed by atoms with van der Waals surface area (Å²) in [7, 11) is 1.28. The Morgan fingerprint density at radius 1 is 1.24 bits per heavy atom. The van der Waals surface area contributed by atoms with Crippen molar-refractivity contribution in [2.75, 3.05) is 33.4 Å². The van der Waals surface area contributed by atoms with Gasteiger partial charge in [-0.1, -0.05) is 0 Å². The molecule has 0 aromatic carbocycles. The van der Waals surface area contributed by atoms with Gasteiger partial charge in [-0.15, -0.1) is 0 Å². The summed E-state index contributed by atoms with van der Waals surface area (Å²) in [6.07, 6.45) is -4.28. The lowest BCUT2D eigenvalue weighted by Gasteiger charge is -2.36. The van der Waals surface area contributed by atoms with E-state index in [0.717, 1.165) is 10.6 Å². The van der Waals surface area contributed by atoms with Gasteiger partial charge in [0.1, 0.15) is 11.4 Å². The molecule has 2 aliphatic heterocycles. The van der Waals surface area contributed by atoms with E-state index in [2.05, 4.69) is 5.10 Å². The van der Waals surface area contributed by atoms with Crippen LogP contribution >= 0.6 is 0 Å². The van der Waals surface area contributed by atoms with Gasteiger partial charge in [0.15, 0.2) is 5.69 Å². The monoisotopic (exact) mass is 414 g/mol.